The molecule has 1 aliphatic carbocycles. The van der Waals surface area contributed by atoms with E-state index in [4.69, 9.17) is 16.3 Å². The van der Waals surface area contributed by atoms with Crippen molar-refractivity contribution in [1.82, 2.24) is 10.2 Å². The molecule has 0 saturated heterocycles. The van der Waals surface area contributed by atoms with E-state index in [2.05, 4.69) is 5.32 Å². The maximum Gasteiger partial charge on any atom is 0.264 e. The number of carbonyl (C=O) groups excluding carboxylic acids is 2. The molecule has 1 fully saturated rings. The molecule has 3 aromatic rings. The Morgan fingerprint density at radius 2 is 1.67 bits per heavy atom. The summed E-state index contributed by atoms with van der Waals surface area (Å²) >= 11 is 6.04. The lowest BCUT2D eigenvalue weighted by Crippen LogP contribution is -2.53. The maximum atomic E-state index is 14.3. The topological polar surface area (TPSA) is 96.0 Å². The molecule has 1 N–H and O–H groups in total. The van der Waals surface area contributed by atoms with E-state index < -0.39 is 28.5 Å². The molecule has 0 bridgehead atoms. The van der Waals surface area contributed by atoms with Crippen LogP contribution < -0.4 is 14.4 Å². The fraction of sp³-hybridized carbons (Fsp3) is 0.394. The van der Waals surface area contributed by atoms with Gasteiger partial charge in [0.1, 0.15) is 18.3 Å². The Hall–Kier alpha value is -3.56. The van der Waals surface area contributed by atoms with E-state index >= 15 is 0 Å². The highest BCUT2D eigenvalue weighted by Gasteiger charge is 2.34. The van der Waals surface area contributed by atoms with E-state index in [0.29, 0.717) is 29.5 Å². The Bertz CT molecular complexity index is 1490. The van der Waals surface area contributed by atoms with Crippen LogP contribution in [0, 0.1) is 6.92 Å². The van der Waals surface area contributed by atoms with E-state index in [-0.39, 0.29) is 23.4 Å². The van der Waals surface area contributed by atoms with Gasteiger partial charge in [0.15, 0.2) is 0 Å². The van der Waals surface area contributed by atoms with Gasteiger partial charge in [0.25, 0.3) is 10.0 Å². The number of halogens is 1. The lowest BCUT2D eigenvalue weighted by Gasteiger charge is -2.34. The first kappa shape index (κ1) is 32.4. The molecule has 0 heterocycles. The van der Waals surface area contributed by atoms with Crippen molar-refractivity contribution in [2.24, 2.45) is 0 Å². The lowest BCUT2D eigenvalue weighted by atomic mass is 10.1. The SMILES string of the molecule is CCOc1ccc(N(CC(=O)N(Cc2cccc(C)c2)[C@@H](CC)C(=O)NC2CCCC2)S(=O)(=O)c2ccc(Cl)cc2)cc1. The minimum absolute atomic E-state index is 0.00478. The summed E-state index contributed by atoms with van der Waals surface area (Å²) in [6.45, 7) is 5.81. The number of aryl methyl sites for hydroxylation is 1. The van der Waals surface area contributed by atoms with Gasteiger partial charge in [-0.2, -0.15) is 0 Å². The van der Waals surface area contributed by atoms with Crippen LogP contribution in [0.2, 0.25) is 5.02 Å². The number of sulfonamides is 1. The summed E-state index contributed by atoms with van der Waals surface area (Å²) in [5, 5.41) is 3.53. The van der Waals surface area contributed by atoms with Crippen molar-refractivity contribution in [3.8, 4) is 5.75 Å². The van der Waals surface area contributed by atoms with Crippen LogP contribution in [-0.2, 0) is 26.2 Å². The Kier molecular flexibility index (Phi) is 11.1. The molecule has 3 aromatic carbocycles. The summed E-state index contributed by atoms with van der Waals surface area (Å²) in [4.78, 5) is 29.3. The molecule has 0 aliphatic heterocycles. The first-order chi connectivity index (χ1) is 20.6. The number of carbonyl (C=O) groups is 2. The quantitative estimate of drug-likeness (QED) is 0.247. The van der Waals surface area contributed by atoms with Gasteiger partial charge in [-0.1, -0.05) is 61.2 Å². The minimum Gasteiger partial charge on any atom is -0.494 e. The van der Waals surface area contributed by atoms with Gasteiger partial charge < -0.3 is 15.0 Å². The van der Waals surface area contributed by atoms with Crippen molar-refractivity contribution in [3.63, 3.8) is 0 Å². The first-order valence-corrected chi connectivity index (χ1v) is 16.6. The second-order valence-corrected chi connectivity index (χ2v) is 13.1. The minimum atomic E-state index is -4.19. The van der Waals surface area contributed by atoms with E-state index in [9.17, 15) is 18.0 Å². The Morgan fingerprint density at radius 3 is 2.28 bits per heavy atom. The molecule has 0 aromatic heterocycles. The van der Waals surface area contributed by atoms with Crippen molar-refractivity contribution >= 4 is 39.1 Å². The molecule has 2 amide bonds. The zero-order valence-electron chi connectivity index (χ0n) is 25.0. The van der Waals surface area contributed by atoms with Crippen LogP contribution in [0.15, 0.2) is 77.7 Å². The molecule has 0 radical (unpaired) electrons. The summed E-state index contributed by atoms with van der Waals surface area (Å²) in [6.07, 6.45) is 4.33. The number of amides is 2. The highest BCUT2D eigenvalue weighted by atomic mass is 35.5. The molecule has 1 saturated carbocycles. The first-order valence-electron chi connectivity index (χ1n) is 14.8. The number of benzene rings is 3. The van der Waals surface area contributed by atoms with Crippen LogP contribution in [0.4, 0.5) is 5.69 Å². The van der Waals surface area contributed by atoms with Gasteiger partial charge in [-0.3, -0.25) is 13.9 Å². The van der Waals surface area contributed by atoms with Gasteiger partial charge in [-0.25, -0.2) is 8.42 Å². The average Bonchev–Trinajstić information content (AvgIpc) is 3.49. The summed E-state index contributed by atoms with van der Waals surface area (Å²) in [5.41, 5.74) is 2.18. The second-order valence-electron chi connectivity index (χ2n) is 10.8. The van der Waals surface area contributed by atoms with Crippen LogP contribution >= 0.6 is 11.6 Å². The number of hydrogen-bond donors (Lipinski definition) is 1. The fourth-order valence-corrected chi connectivity index (χ4v) is 6.97. The molecule has 0 spiro atoms. The Balaban J connectivity index is 1.71. The molecule has 4 rings (SSSR count). The second kappa shape index (κ2) is 14.8. The predicted octanol–water partition coefficient (Wildman–Crippen LogP) is 6.11. The standard InChI is InChI=1S/C33H40ClN3O5S/c1-4-31(33(39)35-27-11-6-7-12-27)36(22-25-10-8-9-24(3)21-25)32(38)23-37(28-15-17-29(18-16-28)42-5-2)43(40,41)30-19-13-26(34)14-20-30/h8-10,13-21,27,31H,4-7,11-12,22-23H2,1-3H3,(H,35,39)/t31-/m0/s1. The van der Waals surface area contributed by atoms with E-state index in [1.165, 1.54) is 29.2 Å². The molecule has 0 unspecified atom stereocenters. The van der Waals surface area contributed by atoms with Crippen molar-refractivity contribution < 1.29 is 22.7 Å². The van der Waals surface area contributed by atoms with E-state index in [1.807, 2.05) is 45.0 Å². The van der Waals surface area contributed by atoms with Crippen LogP contribution in [0.5, 0.6) is 5.75 Å². The normalized spacial score (nSPS) is 14.2. The maximum absolute atomic E-state index is 14.3. The smallest absolute Gasteiger partial charge is 0.264 e. The van der Waals surface area contributed by atoms with E-state index in [1.54, 1.807) is 24.3 Å². The van der Waals surface area contributed by atoms with Crippen molar-refractivity contribution in [2.45, 2.75) is 76.4 Å². The van der Waals surface area contributed by atoms with Crippen LogP contribution in [-0.4, -0.2) is 50.4 Å². The van der Waals surface area contributed by atoms with Gasteiger partial charge >= 0.3 is 0 Å². The highest BCUT2D eigenvalue weighted by molar-refractivity contribution is 7.92. The largest absolute Gasteiger partial charge is 0.494 e. The third-order valence-corrected chi connectivity index (χ3v) is 9.68. The molecular weight excluding hydrogens is 586 g/mol. The third kappa shape index (κ3) is 8.30. The van der Waals surface area contributed by atoms with Crippen molar-refractivity contribution in [3.05, 3.63) is 88.9 Å². The van der Waals surface area contributed by atoms with Crippen LogP contribution in [0.3, 0.4) is 0 Å². The van der Waals surface area contributed by atoms with Gasteiger partial charge in [0.2, 0.25) is 11.8 Å². The summed E-state index contributed by atoms with van der Waals surface area (Å²) < 4.78 is 34.7. The highest BCUT2D eigenvalue weighted by Crippen LogP contribution is 2.28. The molecule has 1 aliphatic rings. The van der Waals surface area contributed by atoms with Gasteiger partial charge in [-0.05, 0) is 87.2 Å². The molecule has 8 nitrogen and oxygen atoms in total. The number of nitrogens with zero attached hydrogens (tertiary/aromatic N) is 2. The molecule has 10 heteroatoms. The predicted molar refractivity (Wildman–Crippen MR) is 170 cm³/mol. The summed E-state index contributed by atoms with van der Waals surface area (Å²) in [7, 11) is -4.19. The number of nitrogens with one attached hydrogen (secondary N) is 1. The van der Waals surface area contributed by atoms with Crippen molar-refractivity contribution in [2.75, 3.05) is 17.5 Å². The van der Waals surface area contributed by atoms with Gasteiger partial charge in [-0.15, -0.1) is 0 Å². The number of hydrogen-bond acceptors (Lipinski definition) is 5. The average molecular weight is 626 g/mol. The lowest BCUT2D eigenvalue weighted by molar-refractivity contribution is -0.140. The zero-order valence-corrected chi connectivity index (χ0v) is 26.5. The number of ether oxygens (including phenoxy) is 1. The monoisotopic (exact) mass is 625 g/mol. The van der Waals surface area contributed by atoms with Crippen LogP contribution in [0.25, 0.3) is 0 Å². The number of anilines is 1. The molecule has 230 valence electrons. The molecule has 1 atom stereocenters. The third-order valence-electron chi connectivity index (χ3n) is 7.64. The summed E-state index contributed by atoms with van der Waals surface area (Å²) in [5.74, 6) is -0.123. The Labute approximate surface area is 260 Å². The van der Waals surface area contributed by atoms with Crippen LogP contribution in [0.1, 0.15) is 57.1 Å². The summed E-state index contributed by atoms with van der Waals surface area (Å²) in [6, 6.07) is 19.4. The van der Waals surface area contributed by atoms with E-state index in [0.717, 1.165) is 41.1 Å². The molecular formula is C33H40ClN3O5S. The number of rotatable bonds is 13. The Morgan fingerprint density at radius 1 is 1.00 bits per heavy atom. The zero-order chi connectivity index (χ0) is 31.0. The molecule has 43 heavy (non-hydrogen) atoms. The fourth-order valence-electron chi connectivity index (χ4n) is 5.43. The van der Waals surface area contributed by atoms with Gasteiger partial charge in [0, 0.05) is 17.6 Å². The van der Waals surface area contributed by atoms with Gasteiger partial charge in [0.05, 0.1) is 17.2 Å². The van der Waals surface area contributed by atoms with Crippen molar-refractivity contribution in [1.29, 1.82) is 0 Å².